The van der Waals surface area contributed by atoms with Crippen molar-refractivity contribution in [2.24, 2.45) is 11.8 Å². The highest BCUT2D eigenvalue weighted by molar-refractivity contribution is 6.14. The molecule has 2 saturated carbocycles. The summed E-state index contributed by atoms with van der Waals surface area (Å²) in [6, 6.07) is 11.6. The van der Waals surface area contributed by atoms with E-state index >= 15 is 0 Å². The van der Waals surface area contributed by atoms with Gasteiger partial charge >= 0.3 is 0 Å². The smallest absolute Gasteiger partial charge is 0.238 e. The molecular formula is C20H20N2O3. The van der Waals surface area contributed by atoms with Gasteiger partial charge in [0.25, 0.3) is 0 Å². The molecule has 2 heterocycles. The summed E-state index contributed by atoms with van der Waals surface area (Å²) < 4.78 is 5.26. The summed E-state index contributed by atoms with van der Waals surface area (Å²) in [6.45, 7) is 1.15. The molecule has 1 N–H and O–H groups in total. The molecule has 2 atom stereocenters. The Balaban J connectivity index is 1.38. The van der Waals surface area contributed by atoms with E-state index in [1.807, 2.05) is 35.2 Å². The number of furan rings is 1. The fraction of sp³-hybridized carbons (Fsp3) is 0.400. The number of fused-ring (bicyclic) bond motifs is 2. The van der Waals surface area contributed by atoms with Crippen molar-refractivity contribution in [3.05, 3.63) is 54.0 Å². The number of carbonyl (C=O) groups excluding carboxylic acids is 2. The van der Waals surface area contributed by atoms with Crippen LogP contribution in [0, 0.1) is 11.8 Å². The van der Waals surface area contributed by atoms with Crippen LogP contribution in [-0.4, -0.2) is 18.4 Å². The highest BCUT2D eigenvalue weighted by Gasteiger charge is 2.69. The van der Waals surface area contributed by atoms with Gasteiger partial charge in [-0.1, -0.05) is 18.2 Å². The van der Waals surface area contributed by atoms with Gasteiger partial charge < -0.3 is 14.6 Å². The lowest BCUT2D eigenvalue weighted by Gasteiger charge is -2.17. The van der Waals surface area contributed by atoms with Crippen molar-refractivity contribution in [3.8, 4) is 0 Å². The van der Waals surface area contributed by atoms with Gasteiger partial charge in [0.05, 0.1) is 24.1 Å². The molecular weight excluding hydrogens is 316 g/mol. The van der Waals surface area contributed by atoms with Gasteiger partial charge in [-0.3, -0.25) is 9.59 Å². The maximum Gasteiger partial charge on any atom is 0.238 e. The van der Waals surface area contributed by atoms with Gasteiger partial charge in [0.15, 0.2) is 0 Å². The molecule has 0 bridgehead atoms. The van der Waals surface area contributed by atoms with Crippen LogP contribution in [0.15, 0.2) is 47.1 Å². The summed E-state index contributed by atoms with van der Waals surface area (Å²) in [4.78, 5) is 27.7. The zero-order valence-electron chi connectivity index (χ0n) is 13.9. The van der Waals surface area contributed by atoms with Gasteiger partial charge in [-0.05, 0) is 48.9 Å². The van der Waals surface area contributed by atoms with Crippen LogP contribution >= 0.6 is 0 Å². The monoisotopic (exact) mass is 336 g/mol. The van der Waals surface area contributed by atoms with E-state index in [1.54, 1.807) is 12.3 Å². The predicted octanol–water partition coefficient (Wildman–Crippen LogP) is 2.61. The minimum atomic E-state index is -0.640. The van der Waals surface area contributed by atoms with E-state index in [0.29, 0.717) is 18.9 Å². The van der Waals surface area contributed by atoms with Crippen molar-refractivity contribution >= 4 is 17.5 Å². The average molecular weight is 336 g/mol. The lowest BCUT2D eigenvalue weighted by Crippen LogP contribution is -2.37. The molecule has 1 aromatic heterocycles. The Hall–Kier alpha value is -2.56. The van der Waals surface area contributed by atoms with Gasteiger partial charge in [-0.15, -0.1) is 0 Å². The molecule has 2 aromatic rings. The fourth-order valence-electron chi connectivity index (χ4n) is 4.12. The first-order valence-corrected chi connectivity index (χ1v) is 8.92. The topological polar surface area (TPSA) is 62.6 Å². The quantitative estimate of drug-likeness (QED) is 0.913. The summed E-state index contributed by atoms with van der Waals surface area (Å²) in [6.07, 6.45) is 4.60. The summed E-state index contributed by atoms with van der Waals surface area (Å²) in [5, 5.41) is 2.91. The van der Waals surface area contributed by atoms with Crippen LogP contribution in [0.2, 0.25) is 0 Å². The SMILES string of the molecule is O=C(NCc1ccco1)[C@H]1C[C@@]12C(=O)N(CC1CC1)c1ccccc12. The Labute approximate surface area is 146 Å². The largest absolute Gasteiger partial charge is 0.467 e. The second-order valence-corrected chi connectivity index (χ2v) is 7.40. The highest BCUT2D eigenvalue weighted by Crippen LogP contribution is 2.62. The molecule has 1 aromatic carbocycles. The van der Waals surface area contributed by atoms with E-state index in [4.69, 9.17) is 4.42 Å². The molecule has 0 radical (unpaired) electrons. The Morgan fingerprint density at radius 1 is 1.24 bits per heavy atom. The maximum atomic E-state index is 13.2. The predicted molar refractivity (Wildman–Crippen MR) is 91.9 cm³/mol. The number of nitrogens with one attached hydrogen (secondary N) is 1. The maximum absolute atomic E-state index is 13.2. The molecule has 128 valence electrons. The second kappa shape index (κ2) is 5.22. The molecule has 5 rings (SSSR count). The third-order valence-electron chi connectivity index (χ3n) is 5.73. The number of nitrogens with zero attached hydrogens (tertiary/aromatic N) is 1. The standard InChI is InChI=1S/C20H20N2O3/c23-18(21-11-14-4-3-9-25-14)16-10-20(16)15-5-1-2-6-17(15)22(19(20)24)12-13-7-8-13/h1-6,9,13,16H,7-8,10-12H2,(H,21,23)/t16-,20+/m1/s1. The number of rotatable bonds is 5. The molecule has 5 nitrogen and oxygen atoms in total. The average Bonchev–Trinajstić information content (AvgIpc) is 3.52. The minimum absolute atomic E-state index is 0.0622. The van der Waals surface area contributed by atoms with Crippen LogP contribution in [0.25, 0.3) is 0 Å². The molecule has 25 heavy (non-hydrogen) atoms. The lowest BCUT2D eigenvalue weighted by molar-refractivity contribution is -0.126. The Kier molecular flexibility index (Phi) is 3.08. The van der Waals surface area contributed by atoms with Crippen molar-refractivity contribution < 1.29 is 14.0 Å². The van der Waals surface area contributed by atoms with Gasteiger partial charge in [0.2, 0.25) is 11.8 Å². The fourth-order valence-corrected chi connectivity index (χ4v) is 4.12. The van der Waals surface area contributed by atoms with Crippen molar-refractivity contribution in [2.75, 3.05) is 11.4 Å². The number of amides is 2. The number of hydrogen-bond donors (Lipinski definition) is 1. The number of para-hydroxylation sites is 1. The molecule has 1 aliphatic heterocycles. The first-order valence-electron chi connectivity index (χ1n) is 8.92. The molecule has 1 spiro atoms. The van der Waals surface area contributed by atoms with E-state index in [1.165, 1.54) is 12.8 Å². The molecule has 0 saturated heterocycles. The summed E-state index contributed by atoms with van der Waals surface area (Å²) >= 11 is 0. The minimum Gasteiger partial charge on any atom is -0.467 e. The lowest BCUT2D eigenvalue weighted by atomic mass is 9.94. The third kappa shape index (κ3) is 2.22. The molecule has 0 unspecified atom stereocenters. The molecule has 5 heteroatoms. The number of carbonyl (C=O) groups is 2. The van der Waals surface area contributed by atoms with Crippen LogP contribution in [0.1, 0.15) is 30.6 Å². The third-order valence-corrected chi connectivity index (χ3v) is 5.73. The van der Waals surface area contributed by atoms with Crippen LogP contribution in [0.3, 0.4) is 0 Å². The first-order chi connectivity index (χ1) is 12.2. The first kappa shape index (κ1) is 14.8. The van der Waals surface area contributed by atoms with Crippen LogP contribution in [0.4, 0.5) is 5.69 Å². The summed E-state index contributed by atoms with van der Waals surface area (Å²) in [5.41, 5.74) is 1.39. The van der Waals surface area contributed by atoms with Gasteiger partial charge in [-0.25, -0.2) is 0 Å². The molecule has 2 aliphatic carbocycles. The van der Waals surface area contributed by atoms with Crippen molar-refractivity contribution in [3.63, 3.8) is 0 Å². The van der Waals surface area contributed by atoms with Crippen LogP contribution in [0.5, 0.6) is 0 Å². The highest BCUT2D eigenvalue weighted by atomic mass is 16.3. The van der Waals surface area contributed by atoms with Gasteiger partial charge in [0.1, 0.15) is 5.76 Å². The van der Waals surface area contributed by atoms with E-state index in [-0.39, 0.29) is 17.7 Å². The van der Waals surface area contributed by atoms with Gasteiger partial charge in [0, 0.05) is 12.2 Å². The molecule has 3 aliphatic rings. The normalized spacial score (nSPS) is 26.8. The summed E-state index contributed by atoms with van der Waals surface area (Å²) in [7, 11) is 0. The summed E-state index contributed by atoms with van der Waals surface area (Å²) in [5.74, 6) is 1.11. The number of benzene rings is 1. The zero-order valence-corrected chi connectivity index (χ0v) is 13.9. The van der Waals surface area contributed by atoms with E-state index in [2.05, 4.69) is 5.32 Å². The Morgan fingerprint density at radius 2 is 2.08 bits per heavy atom. The molecule has 2 fully saturated rings. The van der Waals surface area contributed by atoms with Crippen molar-refractivity contribution in [1.82, 2.24) is 5.32 Å². The van der Waals surface area contributed by atoms with E-state index < -0.39 is 5.41 Å². The van der Waals surface area contributed by atoms with Gasteiger partial charge in [-0.2, -0.15) is 0 Å². The Morgan fingerprint density at radius 3 is 2.84 bits per heavy atom. The van der Waals surface area contributed by atoms with Crippen molar-refractivity contribution in [2.45, 2.75) is 31.2 Å². The number of anilines is 1. The van der Waals surface area contributed by atoms with E-state index in [9.17, 15) is 9.59 Å². The second-order valence-electron chi connectivity index (χ2n) is 7.40. The zero-order chi connectivity index (χ0) is 17.0. The van der Waals surface area contributed by atoms with Crippen LogP contribution < -0.4 is 10.2 Å². The van der Waals surface area contributed by atoms with E-state index in [0.717, 1.165) is 23.6 Å². The van der Waals surface area contributed by atoms with Crippen molar-refractivity contribution in [1.29, 1.82) is 0 Å². The van der Waals surface area contributed by atoms with Crippen LogP contribution in [-0.2, 0) is 21.5 Å². The molecule has 2 amide bonds. The number of hydrogen-bond acceptors (Lipinski definition) is 3. The Bertz CT molecular complexity index is 840.